The third kappa shape index (κ3) is 4.56. The molecular formula is C21H27N3O2S. The van der Waals surface area contributed by atoms with Crippen LogP contribution in [-0.4, -0.2) is 34.8 Å². The number of piperidine rings is 1. The van der Waals surface area contributed by atoms with Crippen LogP contribution < -0.4 is 5.32 Å². The summed E-state index contributed by atoms with van der Waals surface area (Å²) < 4.78 is 0. The van der Waals surface area contributed by atoms with Gasteiger partial charge in [0.05, 0.1) is 15.8 Å². The molecule has 2 heterocycles. The number of aromatic nitrogens is 1. The summed E-state index contributed by atoms with van der Waals surface area (Å²) in [7, 11) is 0. The van der Waals surface area contributed by atoms with Gasteiger partial charge in [0.2, 0.25) is 11.8 Å². The molecular weight excluding hydrogens is 358 g/mol. The van der Waals surface area contributed by atoms with Crippen LogP contribution >= 0.6 is 11.3 Å². The quantitative estimate of drug-likeness (QED) is 0.855. The van der Waals surface area contributed by atoms with Gasteiger partial charge < -0.3 is 10.2 Å². The zero-order valence-electron chi connectivity index (χ0n) is 16.4. The molecule has 1 aromatic heterocycles. The maximum atomic E-state index is 12.9. The Morgan fingerprint density at radius 2 is 1.93 bits per heavy atom. The fourth-order valence-electron chi connectivity index (χ4n) is 3.37. The highest BCUT2D eigenvalue weighted by atomic mass is 32.1. The van der Waals surface area contributed by atoms with Gasteiger partial charge in [0.15, 0.2) is 5.82 Å². The van der Waals surface area contributed by atoms with E-state index in [1.54, 1.807) is 11.3 Å². The van der Waals surface area contributed by atoms with Gasteiger partial charge in [0.25, 0.3) is 0 Å². The molecule has 3 rings (SSSR count). The number of likely N-dealkylation sites (tertiary alicyclic amines) is 1. The van der Waals surface area contributed by atoms with Crippen molar-refractivity contribution >= 4 is 29.0 Å². The van der Waals surface area contributed by atoms with E-state index in [2.05, 4.69) is 10.3 Å². The minimum Gasteiger partial charge on any atom is -0.341 e. The highest BCUT2D eigenvalue weighted by Crippen LogP contribution is 2.34. The maximum absolute atomic E-state index is 12.9. The number of hydrogen-bond acceptors (Lipinski definition) is 4. The van der Waals surface area contributed by atoms with Crippen molar-refractivity contribution in [1.29, 1.82) is 0 Å². The largest absolute Gasteiger partial charge is 0.341 e. The van der Waals surface area contributed by atoms with Gasteiger partial charge in [-0.1, -0.05) is 51.1 Å². The monoisotopic (exact) mass is 385 g/mol. The standard InChI is InChI=1S/C21H27N3O2S/c1-14-22-18(17(27-14)15-9-6-5-7-10-15)23-19(25)16-11-8-12-24(13-16)20(26)21(2,3)4/h5-7,9-10,16H,8,11-13H2,1-4H3,(H,23,25). The highest BCUT2D eigenvalue weighted by molar-refractivity contribution is 7.15. The summed E-state index contributed by atoms with van der Waals surface area (Å²) in [6.07, 6.45) is 1.64. The lowest BCUT2D eigenvalue weighted by molar-refractivity contribution is -0.142. The number of nitrogens with one attached hydrogen (secondary N) is 1. The van der Waals surface area contributed by atoms with E-state index < -0.39 is 5.41 Å². The summed E-state index contributed by atoms with van der Waals surface area (Å²) in [6, 6.07) is 9.97. The summed E-state index contributed by atoms with van der Waals surface area (Å²) in [5, 5.41) is 3.93. The first-order chi connectivity index (χ1) is 12.8. The Balaban J connectivity index is 1.74. The molecule has 0 aliphatic carbocycles. The van der Waals surface area contributed by atoms with Crippen LogP contribution in [0.5, 0.6) is 0 Å². The van der Waals surface area contributed by atoms with Crippen molar-refractivity contribution in [1.82, 2.24) is 9.88 Å². The van der Waals surface area contributed by atoms with Crippen molar-refractivity contribution in [3.8, 4) is 10.4 Å². The molecule has 1 aliphatic heterocycles. The first-order valence-electron chi connectivity index (χ1n) is 9.39. The van der Waals surface area contributed by atoms with Gasteiger partial charge >= 0.3 is 0 Å². The van der Waals surface area contributed by atoms with E-state index in [4.69, 9.17) is 0 Å². The predicted molar refractivity (Wildman–Crippen MR) is 110 cm³/mol. The molecule has 0 bridgehead atoms. The third-order valence-corrected chi connectivity index (χ3v) is 5.75. The Hall–Kier alpha value is -2.21. The van der Waals surface area contributed by atoms with E-state index in [1.807, 2.05) is 62.9 Å². The zero-order valence-corrected chi connectivity index (χ0v) is 17.2. The normalized spacial score (nSPS) is 17.6. The van der Waals surface area contributed by atoms with Gasteiger partial charge in [0.1, 0.15) is 0 Å². The van der Waals surface area contributed by atoms with Crippen LogP contribution in [0.1, 0.15) is 38.6 Å². The minimum atomic E-state index is -0.426. The van der Waals surface area contributed by atoms with Crippen molar-refractivity contribution in [2.24, 2.45) is 11.3 Å². The fraction of sp³-hybridized carbons (Fsp3) is 0.476. The van der Waals surface area contributed by atoms with Crippen molar-refractivity contribution in [3.63, 3.8) is 0 Å². The number of aryl methyl sites for hydroxylation is 1. The van der Waals surface area contributed by atoms with E-state index in [1.165, 1.54) is 0 Å². The molecule has 1 atom stereocenters. The van der Waals surface area contributed by atoms with Crippen LogP contribution in [0.3, 0.4) is 0 Å². The van der Waals surface area contributed by atoms with Crippen molar-refractivity contribution in [2.45, 2.75) is 40.5 Å². The Bertz CT molecular complexity index is 824. The lowest BCUT2D eigenvalue weighted by atomic mass is 9.91. The number of anilines is 1. The molecule has 0 spiro atoms. The average molecular weight is 386 g/mol. The summed E-state index contributed by atoms with van der Waals surface area (Å²) in [5.74, 6) is 0.474. The van der Waals surface area contributed by atoms with Gasteiger partial charge in [0, 0.05) is 18.5 Å². The summed E-state index contributed by atoms with van der Waals surface area (Å²) >= 11 is 1.57. The van der Waals surface area contributed by atoms with Crippen molar-refractivity contribution < 1.29 is 9.59 Å². The first kappa shape index (κ1) is 19.5. The van der Waals surface area contributed by atoms with E-state index in [0.717, 1.165) is 34.8 Å². The SMILES string of the molecule is Cc1nc(NC(=O)C2CCCN(C(=O)C(C)(C)C)C2)c(-c2ccccc2)s1. The lowest BCUT2D eigenvalue weighted by Gasteiger charge is -2.35. The van der Waals surface area contributed by atoms with Crippen LogP contribution in [0.2, 0.25) is 0 Å². The Morgan fingerprint density at radius 1 is 1.22 bits per heavy atom. The number of carbonyl (C=O) groups excluding carboxylic acids is 2. The van der Waals surface area contributed by atoms with Gasteiger partial charge in [-0.05, 0) is 25.3 Å². The molecule has 1 N–H and O–H groups in total. The number of carbonyl (C=O) groups is 2. The molecule has 5 nitrogen and oxygen atoms in total. The van der Waals surface area contributed by atoms with Crippen LogP contribution in [0.15, 0.2) is 30.3 Å². The first-order valence-corrected chi connectivity index (χ1v) is 10.2. The van der Waals surface area contributed by atoms with Crippen LogP contribution in [0.4, 0.5) is 5.82 Å². The van der Waals surface area contributed by atoms with E-state index in [-0.39, 0.29) is 17.7 Å². The number of hydrogen-bond donors (Lipinski definition) is 1. The van der Waals surface area contributed by atoms with Crippen molar-refractivity contribution in [2.75, 3.05) is 18.4 Å². The summed E-state index contributed by atoms with van der Waals surface area (Å²) in [6.45, 7) is 8.91. The minimum absolute atomic E-state index is 0.0520. The molecule has 1 aromatic carbocycles. The Kier molecular flexibility index (Phi) is 5.65. The van der Waals surface area contributed by atoms with E-state index in [0.29, 0.717) is 12.4 Å². The highest BCUT2D eigenvalue weighted by Gasteiger charge is 2.33. The van der Waals surface area contributed by atoms with Crippen LogP contribution in [-0.2, 0) is 9.59 Å². The second kappa shape index (κ2) is 7.80. The molecule has 1 aliphatic rings. The third-order valence-electron chi connectivity index (χ3n) is 4.73. The Labute approximate surface area is 164 Å². The summed E-state index contributed by atoms with van der Waals surface area (Å²) in [5.41, 5.74) is 0.622. The molecule has 1 saturated heterocycles. The lowest BCUT2D eigenvalue weighted by Crippen LogP contribution is -2.47. The van der Waals surface area contributed by atoms with E-state index in [9.17, 15) is 9.59 Å². The van der Waals surface area contributed by atoms with Gasteiger partial charge in [-0.3, -0.25) is 9.59 Å². The molecule has 0 saturated carbocycles. The molecule has 27 heavy (non-hydrogen) atoms. The van der Waals surface area contributed by atoms with E-state index >= 15 is 0 Å². The molecule has 1 unspecified atom stereocenters. The Morgan fingerprint density at radius 3 is 2.59 bits per heavy atom. The number of nitrogens with zero attached hydrogens (tertiary/aromatic N) is 2. The zero-order chi connectivity index (χ0) is 19.6. The second-order valence-electron chi connectivity index (χ2n) is 8.11. The number of rotatable bonds is 3. The number of thiazole rings is 1. The molecule has 6 heteroatoms. The van der Waals surface area contributed by atoms with Gasteiger partial charge in [-0.2, -0.15) is 0 Å². The molecule has 2 aromatic rings. The summed E-state index contributed by atoms with van der Waals surface area (Å²) in [4.78, 5) is 32.8. The molecule has 0 radical (unpaired) electrons. The number of amides is 2. The fourth-order valence-corrected chi connectivity index (χ4v) is 4.25. The molecule has 2 amide bonds. The predicted octanol–water partition coefficient (Wildman–Crippen LogP) is 4.34. The van der Waals surface area contributed by atoms with Crippen LogP contribution in [0, 0.1) is 18.3 Å². The maximum Gasteiger partial charge on any atom is 0.230 e. The second-order valence-corrected chi connectivity index (χ2v) is 9.31. The molecule has 144 valence electrons. The van der Waals surface area contributed by atoms with Crippen LogP contribution in [0.25, 0.3) is 10.4 Å². The van der Waals surface area contributed by atoms with Gasteiger partial charge in [-0.25, -0.2) is 4.98 Å². The average Bonchev–Trinajstić information content (AvgIpc) is 3.01. The topological polar surface area (TPSA) is 62.3 Å². The molecule has 1 fully saturated rings. The smallest absolute Gasteiger partial charge is 0.230 e. The van der Waals surface area contributed by atoms with Crippen molar-refractivity contribution in [3.05, 3.63) is 35.3 Å². The number of benzene rings is 1. The van der Waals surface area contributed by atoms with Gasteiger partial charge in [-0.15, -0.1) is 11.3 Å².